The number of amides is 2. The lowest BCUT2D eigenvalue weighted by atomic mass is 10.1. The average Bonchev–Trinajstić information content (AvgIpc) is 2.93. The zero-order valence-corrected chi connectivity index (χ0v) is 13.8. The Morgan fingerprint density at radius 1 is 1.55 bits per heavy atom. The third-order valence-electron chi connectivity index (χ3n) is 3.72. The van der Waals surface area contributed by atoms with Crippen LogP contribution in [0.3, 0.4) is 0 Å². The van der Waals surface area contributed by atoms with Gasteiger partial charge in [0.15, 0.2) is 0 Å². The van der Waals surface area contributed by atoms with Gasteiger partial charge in [0.05, 0.1) is 10.4 Å². The molecule has 120 valence electrons. The van der Waals surface area contributed by atoms with Crippen molar-refractivity contribution in [3.63, 3.8) is 0 Å². The first-order valence-corrected chi connectivity index (χ1v) is 7.88. The SMILES string of the molecule is CC(Cc1ccc(F)c(Br)c1)NC(=O)N1CCC(C(=O)O)C1. The van der Waals surface area contributed by atoms with Crippen LogP contribution in [0.2, 0.25) is 0 Å². The Morgan fingerprint density at radius 3 is 2.86 bits per heavy atom. The van der Waals surface area contributed by atoms with E-state index in [-0.39, 0.29) is 24.4 Å². The molecule has 1 heterocycles. The quantitative estimate of drug-likeness (QED) is 0.853. The molecule has 1 aromatic carbocycles. The fourth-order valence-electron chi connectivity index (χ4n) is 2.52. The van der Waals surface area contributed by atoms with Crippen LogP contribution >= 0.6 is 15.9 Å². The number of halogens is 2. The highest BCUT2D eigenvalue weighted by atomic mass is 79.9. The minimum absolute atomic E-state index is 0.131. The van der Waals surface area contributed by atoms with E-state index in [2.05, 4.69) is 21.2 Å². The maximum atomic E-state index is 13.2. The number of hydrogen-bond acceptors (Lipinski definition) is 2. The van der Waals surface area contributed by atoms with Crippen LogP contribution in [0.15, 0.2) is 22.7 Å². The molecule has 7 heteroatoms. The minimum atomic E-state index is -0.862. The number of rotatable bonds is 4. The summed E-state index contributed by atoms with van der Waals surface area (Å²) in [5, 5.41) is 11.8. The second-order valence-corrected chi connectivity index (χ2v) is 6.43. The van der Waals surface area contributed by atoms with E-state index in [1.165, 1.54) is 11.0 Å². The molecule has 0 saturated carbocycles. The number of carbonyl (C=O) groups excluding carboxylic acids is 1. The van der Waals surface area contributed by atoms with Gasteiger partial charge in [-0.3, -0.25) is 4.79 Å². The summed E-state index contributed by atoms with van der Waals surface area (Å²) >= 11 is 3.13. The molecule has 0 aromatic heterocycles. The van der Waals surface area contributed by atoms with Gasteiger partial charge < -0.3 is 15.3 Å². The third-order valence-corrected chi connectivity index (χ3v) is 4.33. The maximum absolute atomic E-state index is 13.2. The fourth-order valence-corrected chi connectivity index (χ4v) is 2.95. The molecule has 0 radical (unpaired) electrons. The van der Waals surface area contributed by atoms with Crippen LogP contribution in [-0.2, 0) is 11.2 Å². The topological polar surface area (TPSA) is 69.6 Å². The van der Waals surface area contributed by atoms with Crippen molar-refractivity contribution in [1.29, 1.82) is 0 Å². The van der Waals surface area contributed by atoms with E-state index in [4.69, 9.17) is 5.11 Å². The Morgan fingerprint density at radius 2 is 2.27 bits per heavy atom. The molecule has 0 aliphatic carbocycles. The van der Waals surface area contributed by atoms with Crippen molar-refractivity contribution in [3.05, 3.63) is 34.1 Å². The molecule has 2 N–H and O–H groups in total. The molecule has 1 saturated heterocycles. The normalized spacial score (nSPS) is 19.0. The standard InChI is InChI=1S/C15H18BrFN2O3/c1-9(6-10-2-3-13(17)12(16)7-10)18-15(22)19-5-4-11(8-19)14(20)21/h2-3,7,9,11H,4-6,8H2,1H3,(H,18,22)(H,20,21). The number of carboxylic acids is 1. The Bertz CT molecular complexity index is 582. The highest BCUT2D eigenvalue weighted by molar-refractivity contribution is 9.10. The number of benzene rings is 1. The predicted octanol–water partition coefficient (Wildman–Crippen LogP) is 2.64. The van der Waals surface area contributed by atoms with Crippen molar-refractivity contribution in [1.82, 2.24) is 10.2 Å². The van der Waals surface area contributed by atoms with Crippen molar-refractivity contribution >= 4 is 27.9 Å². The summed E-state index contributed by atoms with van der Waals surface area (Å²) in [4.78, 5) is 24.5. The summed E-state index contributed by atoms with van der Waals surface area (Å²) < 4.78 is 13.6. The number of carbonyl (C=O) groups is 2. The van der Waals surface area contributed by atoms with E-state index in [0.29, 0.717) is 23.9 Å². The van der Waals surface area contributed by atoms with Crippen LogP contribution in [0.1, 0.15) is 18.9 Å². The molecule has 0 bridgehead atoms. The number of aliphatic carboxylic acids is 1. The van der Waals surface area contributed by atoms with E-state index < -0.39 is 11.9 Å². The lowest BCUT2D eigenvalue weighted by Gasteiger charge is -2.21. The lowest BCUT2D eigenvalue weighted by molar-refractivity contribution is -0.141. The Kier molecular flexibility index (Phi) is 5.39. The first-order valence-electron chi connectivity index (χ1n) is 7.09. The second kappa shape index (κ2) is 7.09. The molecule has 1 aliphatic heterocycles. The monoisotopic (exact) mass is 372 g/mol. The Hall–Kier alpha value is -1.63. The smallest absolute Gasteiger partial charge is 0.317 e. The first kappa shape index (κ1) is 16.7. The summed E-state index contributed by atoms with van der Waals surface area (Å²) in [6.07, 6.45) is 1.06. The molecule has 1 fully saturated rings. The van der Waals surface area contributed by atoms with Gasteiger partial charge >= 0.3 is 12.0 Å². The average molecular weight is 373 g/mol. The molecule has 5 nitrogen and oxygen atoms in total. The van der Waals surface area contributed by atoms with Crippen LogP contribution in [0.5, 0.6) is 0 Å². The Labute approximate surface area is 136 Å². The van der Waals surface area contributed by atoms with Gasteiger partial charge in [0, 0.05) is 19.1 Å². The van der Waals surface area contributed by atoms with Crippen molar-refractivity contribution in [2.45, 2.75) is 25.8 Å². The van der Waals surface area contributed by atoms with E-state index >= 15 is 0 Å². The summed E-state index contributed by atoms with van der Waals surface area (Å²) in [6.45, 7) is 2.56. The third kappa shape index (κ3) is 4.19. The van der Waals surface area contributed by atoms with Crippen LogP contribution in [-0.4, -0.2) is 41.1 Å². The van der Waals surface area contributed by atoms with E-state index in [1.54, 1.807) is 12.1 Å². The summed E-state index contributed by atoms with van der Waals surface area (Å²) in [5.74, 6) is -1.66. The lowest BCUT2D eigenvalue weighted by Crippen LogP contribution is -2.43. The molecule has 1 aromatic rings. The molecule has 1 aliphatic rings. The number of nitrogens with one attached hydrogen (secondary N) is 1. The molecule has 2 amide bonds. The second-order valence-electron chi connectivity index (χ2n) is 5.57. The maximum Gasteiger partial charge on any atom is 0.317 e. The highest BCUT2D eigenvalue weighted by Crippen LogP contribution is 2.19. The van der Waals surface area contributed by atoms with Crippen molar-refractivity contribution in [2.75, 3.05) is 13.1 Å². The molecular formula is C15H18BrFN2O3. The van der Waals surface area contributed by atoms with Crippen molar-refractivity contribution in [3.8, 4) is 0 Å². The van der Waals surface area contributed by atoms with Crippen LogP contribution in [0.25, 0.3) is 0 Å². The molecule has 0 spiro atoms. The molecule has 2 atom stereocenters. The molecule has 2 unspecified atom stereocenters. The van der Waals surface area contributed by atoms with E-state index in [1.807, 2.05) is 6.92 Å². The molecule has 22 heavy (non-hydrogen) atoms. The largest absolute Gasteiger partial charge is 0.481 e. The van der Waals surface area contributed by atoms with Gasteiger partial charge in [0.1, 0.15) is 5.82 Å². The van der Waals surface area contributed by atoms with Gasteiger partial charge in [-0.1, -0.05) is 6.07 Å². The van der Waals surface area contributed by atoms with Crippen LogP contribution < -0.4 is 5.32 Å². The summed E-state index contributed by atoms with van der Waals surface area (Å²) in [5.41, 5.74) is 0.908. The van der Waals surface area contributed by atoms with E-state index in [9.17, 15) is 14.0 Å². The highest BCUT2D eigenvalue weighted by Gasteiger charge is 2.31. The van der Waals surface area contributed by atoms with Gasteiger partial charge in [-0.2, -0.15) is 0 Å². The van der Waals surface area contributed by atoms with Crippen LogP contribution in [0, 0.1) is 11.7 Å². The summed E-state index contributed by atoms with van der Waals surface area (Å²) in [7, 11) is 0. The molecule has 2 rings (SSSR count). The van der Waals surface area contributed by atoms with Gasteiger partial charge in [0.25, 0.3) is 0 Å². The van der Waals surface area contributed by atoms with Crippen molar-refractivity contribution < 1.29 is 19.1 Å². The Balaban J connectivity index is 1.86. The minimum Gasteiger partial charge on any atom is -0.481 e. The predicted molar refractivity (Wildman–Crippen MR) is 83.1 cm³/mol. The van der Waals surface area contributed by atoms with Gasteiger partial charge in [-0.15, -0.1) is 0 Å². The van der Waals surface area contributed by atoms with Crippen molar-refractivity contribution in [2.24, 2.45) is 5.92 Å². The van der Waals surface area contributed by atoms with Crippen LogP contribution in [0.4, 0.5) is 9.18 Å². The molecular weight excluding hydrogens is 355 g/mol. The van der Waals surface area contributed by atoms with E-state index in [0.717, 1.165) is 5.56 Å². The van der Waals surface area contributed by atoms with Gasteiger partial charge in [-0.05, 0) is 53.4 Å². The number of nitrogens with zero attached hydrogens (tertiary/aromatic N) is 1. The number of likely N-dealkylation sites (tertiary alicyclic amines) is 1. The zero-order chi connectivity index (χ0) is 16.3. The fraction of sp³-hybridized carbons (Fsp3) is 0.467. The summed E-state index contributed by atoms with van der Waals surface area (Å²) in [6, 6.07) is 4.37. The van der Waals surface area contributed by atoms with Gasteiger partial charge in [0.2, 0.25) is 0 Å². The number of carboxylic acid groups (broad SMARTS) is 1. The first-order chi connectivity index (χ1) is 10.4. The zero-order valence-electron chi connectivity index (χ0n) is 12.2. The number of hydrogen-bond donors (Lipinski definition) is 2. The van der Waals surface area contributed by atoms with Gasteiger partial charge in [-0.25, -0.2) is 9.18 Å². The number of urea groups is 1.